The monoisotopic (exact) mass is 646 g/mol. The highest BCUT2D eigenvalue weighted by molar-refractivity contribution is 6.05. The van der Waals surface area contributed by atoms with Crippen LogP contribution >= 0.6 is 0 Å². The first-order valence-corrected chi connectivity index (χ1v) is 16.6. The van der Waals surface area contributed by atoms with Crippen molar-refractivity contribution in [2.75, 3.05) is 57.6 Å². The van der Waals surface area contributed by atoms with E-state index in [4.69, 9.17) is 9.72 Å². The molecule has 0 spiro atoms. The fourth-order valence-corrected chi connectivity index (χ4v) is 6.33. The molecule has 4 aromatic rings. The minimum Gasteiger partial charge on any atom is -0.493 e. The number of rotatable bonds is 13. The van der Waals surface area contributed by atoms with Crippen LogP contribution < -0.4 is 20.4 Å². The first-order valence-electron chi connectivity index (χ1n) is 16.6. The van der Waals surface area contributed by atoms with Crippen molar-refractivity contribution in [2.24, 2.45) is 0 Å². The molecule has 0 unspecified atom stereocenters. The maximum atomic E-state index is 13.8. The average Bonchev–Trinajstić information content (AvgIpc) is 3.03. The van der Waals surface area contributed by atoms with E-state index in [-0.39, 0.29) is 16.6 Å². The van der Waals surface area contributed by atoms with E-state index in [9.17, 15) is 18.4 Å². The Labute approximate surface area is 275 Å². The Kier molecular flexibility index (Phi) is 10.9. The van der Waals surface area contributed by atoms with Gasteiger partial charge >= 0.3 is 0 Å². The van der Waals surface area contributed by atoms with Crippen molar-refractivity contribution in [1.29, 1.82) is 0 Å². The fraction of sp³-hybridized carbons (Fsp3) is 0.432. The lowest BCUT2D eigenvalue weighted by Gasteiger charge is -2.37. The molecule has 1 aliphatic heterocycles. The number of nitrogens with one attached hydrogen (secondary N) is 1. The van der Waals surface area contributed by atoms with Crippen LogP contribution in [0.15, 0.2) is 59.5 Å². The van der Waals surface area contributed by atoms with E-state index in [1.807, 2.05) is 44.1 Å². The van der Waals surface area contributed by atoms with E-state index in [0.29, 0.717) is 35.6 Å². The van der Waals surface area contributed by atoms with Gasteiger partial charge in [0.15, 0.2) is 5.65 Å². The summed E-state index contributed by atoms with van der Waals surface area (Å²) in [7, 11) is 6.11. The van der Waals surface area contributed by atoms with Gasteiger partial charge < -0.3 is 24.0 Å². The van der Waals surface area contributed by atoms with Crippen molar-refractivity contribution < 1.29 is 22.8 Å². The number of anilines is 2. The maximum absolute atomic E-state index is 13.8. The van der Waals surface area contributed by atoms with Gasteiger partial charge in [0, 0.05) is 38.1 Å². The van der Waals surface area contributed by atoms with Crippen LogP contribution in [0.1, 0.15) is 67.3 Å². The number of hydrogen-bond donors (Lipinski definition) is 1. The molecule has 1 aliphatic rings. The van der Waals surface area contributed by atoms with Crippen molar-refractivity contribution >= 4 is 28.4 Å². The van der Waals surface area contributed by atoms with E-state index < -0.39 is 23.0 Å². The molecule has 1 fully saturated rings. The maximum Gasteiger partial charge on any atom is 0.261 e. The van der Waals surface area contributed by atoms with Gasteiger partial charge in [-0.3, -0.25) is 9.59 Å². The highest BCUT2D eigenvalue weighted by atomic mass is 19.1. The summed E-state index contributed by atoms with van der Waals surface area (Å²) in [4.78, 5) is 33.4. The lowest BCUT2D eigenvalue weighted by atomic mass is 10.1. The molecule has 2 aromatic heterocycles. The lowest BCUT2D eigenvalue weighted by molar-refractivity contribution is -0.914. The summed E-state index contributed by atoms with van der Waals surface area (Å²) in [6.07, 6.45) is 11.3. The molecule has 3 heterocycles. The minimum atomic E-state index is -0.841. The number of carbonyl (C=O) groups excluding carboxylic acids is 1. The predicted molar refractivity (Wildman–Crippen MR) is 184 cm³/mol. The van der Waals surface area contributed by atoms with E-state index >= 15 is 0 Å². The third-order valence-electron chi connectivity index (χ3n) is 9.10. The molecule has 1 saturated heterocycles. The van der Waals surface area contributed by atoms with Gasteiger partial charge in [-0.05, 0) is 81.3 Å². The number of unbranched alkanes of at least 4 members (excludes halogenated alkanes) is 4. The second-order valence-corrected chi connectivity index (χ2v) is 13.2. The van der Waals surface area contributed by atoms with Gasteiger partial charge in [-0.15, -0.1) is 0 Å². The minimum absolute atomic E-state index is 0.0941. The van der Waals surface area contributed by atoms with E-state index in [2.05, 4.69) is 12.4 Å². The SMILES string of the molecule is Cc1ccc(-n2cc(C(=O)Nc3cc(F)cc(F)c3)c(=O)c3ccc(N(C)C)nc32)cc1OCCCCCCC[N+]1(C)CCCCC1. The highest BCUT2D eigenvalue weighted by Crippen LogP contribution is 2.26. The number of ether oxygens (including phenoxy) is 1. The third-order valence-corrected chi connectivity index (χ3v) is 9.10. The highest BCUT2D eigenvalue weighted by Gasteiger charge is 2.24. The molecule has 0 atom stereocenters. The predicted octanol–water partition coefficient (Wildman–Crippen LogP) is 7.25. The number of piperidine rings is 1. The van der Waals surface area contributed by atoms with Crippen LogP contribution in [0.5, 0.6) is 5.75 Å². The second-order valence-electron chi connectivity index (χ2n) is 13.2. The van der Waals surface area contributed by atoms with Crippen LogP contribution in [0.3, 0.4) is 0 Å². The van der Waals surface area contributed by atoms with Crippen LogP contribution in [0.25, 0.3) is 16.7 Å². The van der Waals surface area contributed by atoms with Crippen LogP contribution in [-0.2, 0) is 0 Å². The van der Waals surface area contributed by atoms with Gasteiger partial charge in [0.2, 0.25) is 5.43 Å². The number of quaternary nitrogens is 1. The number of halogens is 2. The number of aromatic nitrogens is 2. The number of fused-ring (bicyclic) bond motifs is 1. The summed E-state index contributed by atoms with van der Waals surface area (Å²) in [6.45, 7) is 6.48. The topological polar surface area (TPSA) is 76.5 Å². The number of pyridine rings is 2. The number of benzene rings is 2. The molecular formula is C37H46F2N5O3+. The largest absolute Gasteiger partial charge is 0.493 e. The zero-order valence-corrected chi connectivity index (χ0v) is 28.0. The zero-order valence-electron chi connectivity index (χ0n) is 28.0. The second kappa shape index (κ2) is 15.1. The Bertz CT molecular complexity index is 1760. The molecule has 5 rings (SSSR count). The summed E-state index contributed by atoms with van der Waals surface area (Å²) in [5.41, 5.74) is 1.15. The Morgan fingerprint density at radius 3 is 2.38 bits per heavy atom. The first kappa shape index (κ1) is 34.0. The van der Waals surface area contributed by atoms with Gasteiger partial charge in [-0.1, -0.05) is 18.9 Å². The molecule has 1 N–H and O–H groups in total. The quantitative estimate of drug-likeness (QED) is 0.122. The normalized spacial score (nSPS) is 14.3. The van der Waals surface area contributed by atoms with Crippen molar-refractivity contribution in [3.8, 4) is 11.4 Å². The molecule has 0 bridgehead atoms. The summed E-state index contributed by atoms with van der Waals surface area (Å²) in [5, 5.41) is 2.69. The first-order chi connectivity index (χ1) is 22.5. The molecule has 0 aliphatic carbocycles. The lowest BCUT2D eigenvalue weighted by Crippen LogP contribution is -2.48. The number of carbonyl (C=O) groups is 1. The number of nitrogens with zero attached hydrogens (tertiary/aromatic N) is 4. The van der Waals surface area contributed by atoms with Crippen LogP contribution in [-0.4, -0.2) is 67.3 Å². The van der Waals surface area contributed by atoms with Crippen molar-refractivity contribution in [3.05, 3.63) is 87.7 Å². The van der Waals surface area contributed by atoms with Crippen LogP contribution in [0, 0.1) is 18.6 Å². The Hall–Kier alpha value is -4.31. The van der Waals surface area contributed by atoms with Crippen molar-refractivity contribution in [2.45, 2.75) is 58.3 Å². The van der Waals surface area contributed by atoms with E-state index in [1.54, 1.807) is 16.7 Å². The van der Waals surface area contributed by atoms with Crippen molar-refractivity contribution in [1.82, 2.24) is 9.55 Å². The molecule has 8 nitrogen and oxygen atoms in total. The van der Waals surface area contributed by atoms with Gasteiger partial charge in [-0.25, -0.2) is 13.8 Å². The summed E-state index contributed by atoms with van der Waals surface area (Å²) < 4.78 is 36.8. The number of hydrogen-bond acceptors (Lipinski definition) is 5. The van der Waals surface area contributed by atoms with Crippen LogP contribution in [0.2, 0.25) is 0 Å². The molecule has 250 valence electrons. The number of amides is 1. The molecule has 0 radical (unpaired) electrons. The van der Waals surface area contributed by atoms with Gasteiger partial charge in [0.1, 0.15) is 28.8 Å². The Balaban J connectivity index is 1.32. The molecule has 1 amide bonds. The fourth-order valence-electron chi connectivity index (χ4n) is 6.33. The van der Waals surface area contributed by atoms with Gasteiger partial charge in [0.25, 0.3) is 5.91 Å². The molecule has 2 aromatic carbocycles. The molecule has 0 saturated carbocycles. The summed E-state index contributed by atoms with van der Waals surface area (Å²) >= 11 is 0. The molecule has 47 heavy (non-hydrogen) atoms. The van der Waals surface area contributed by atoms with Crippen LogP contribution in [0.4, 0.5) is 20.3 Å². The van der Waals surface area contributed by atoms with Crippen molar-refractivity contribution in [3.63, 3.8) is 0 Å². The molecular weight excluding hydrogens is 600 g/mol. The number of likely N-dealkylation sites (tertiary alicyclic amines) is 1. The number of aryl methyl sites for hydroxylation is 1. The zero-order chi connectivity index (χ0) is 33.6. The summed E-state index contributed by atoms with van der Waals surface area (Å²) in [5.74, 6) is -1.13. The standard InChI is InChI=1S/C37H45F2N5O3/c1-26-13-14-30(24-33(26)47-20-12-7-5-6-9-17-44(4)18-10-8-11-19-44)43-25-32(37(46)40-29-22-27(38)21-28(39)23-29)35(45)31-15-16-34(42(2)3)41-36(31)43/h13-16,21-25H,5-12,17-20H2,1-4H3/p+1. The molecule has 10 heteroatoms. The third kappa shape index (κ3) is 8.54. The van der Waals surface area contributed by atoms with Gasteiger partial charge in [-0.2, -0.15) is 0 Å². The Morgan fingerprint density at radius 2 is 1.66 bits per heavy atom. The Morgan fingerprint density at radius 1 is 0.957 bits per heavy atom. The van der Waals surface area contributed by atoms with Gasteiger partial charge in [0.05, 0.1) is 44.4 Å². The summed E-state index contributed by atoms with van der Waals surface area (Å²) in [6, 6.07) is 11.7. The van der Waals surface area contributed by atoms with E-state index in [0.717, 1.165) is 30.5 Å². The smallest absolute Gasteiger partial charge is 0.261 e. The average molecular weight is 647 g/mol. The van der Waals surface area contributed by atoms with E-state index in [1.165, 1.54) is 68.8 Å².